The molecule has 0 bridgehead atoms. The molecule has 2 N–H and O–H groups in total. The Morgan fingerprint density at radius 2 is 1.63 bits per heavy atom. The van der Waals surface area contributed by atoms with Crippen LogP contribution in [0, 0.1) is 0 Å². The first-order chi connectivity index (χ1) is 14.6. The Kier molecular flexibility index (Phi) is 5.77. The van der Waals surface area contributed by atoms with Crippen LogP contribution in [0.4, 0.5) is 5.69 Å². The van der Waals surface area contributed by atoms with E-state index in [0.717, 1.165) is 20.8 Å². The van der Waals surface area contributed by atoms with Gasteiger partial charge < -0.3 is 15.1 Å². The zero-order chi connectivity index (χ0) is 20.9. The van der Waals surface area contributed by atoms with Crippen molar-refractivity contribution in [1.82, 2.24) is 5.32 Å². The van der Waals surface area contributed by atoms with E-state index in [1.807, 2.05) is 54.6 Å². The van der Waals surface area contributed by atoms with Crippen molar-refractivity contribution in [2.45, 2.75) is 0 Å². The van der Waals surface area contributed by atoms with Crippen LogP contribution in [0.5, 0.6) is 0 Å². The van der Waals surface area contributed by atoms with Gasteiger partial charge in [0.25, 0.3) is 11.8 Å². The van der Waals surface area contributed by atoms with Crippen LogP contribution in [0.25, 0.3) is 16.8 Å². The summed E-state index contributed by atoms with van der Waals surface area (Å²) in [4.78, 5) is 25.5. The van der Waals surface area contributed by atoms with E-state index in [9.17, 15) is 9.59 Å². The number of anilines is 1. The number of rotatable bonds is 5. The predicted octanol–water partition coefficient (Wildman–Crippen LogP) is 5.60. The van der Waals surface area contributed by atoms with Gasteiger partial charge in [0.05, 0.1) is 6.26 Å². The molecule has 4 rings (SSSR count). The molecule has 0 aliphatic rings. The van der Waals surface area contributed by atoms with Crippen LogP contribution in [-0.2, 0) is 4.79 Å². The molecule has 3 aromatic carbocycles. The van der Waals surface area contributed by atoms with E-state index >= 15 is 0 Å². The van der Waals surface area contributed by atoms with Crippen LogP contribution < -0.4 is 10.6 Å². The fourth-order valence-corrected chi connectivity index (χ4v) is 3.28. The molecule has 0 aliphatic heterocycles. The van der Waals surface area contributed by atoms with Crippen molar-refractivity contribution in [3.05, 3.63) is 107 Å². The number of nitrogens with one attached hydrogen (secondary N) is 2. The lowest BCUT2D eigenvalue weighted by atomic mass is 10.0. The van der Waals surface area contributed by atoms with Crippen LogP contribution >= 0.6 is 15.9 Å². The molecule has 148 valence electrons. The third-order valence-corrected chi connectivity index (χ3v) is 4.99. The summed E-state index contributed by atoms with van der Waals surface area (Å²) in [5.41, 5.74) is 1.53. The average molecular weight is 461 g/mol. The molecule has 0 saturated carbocycles. The van der Waals surface area contributed by atoms with Crippen LogP contribution in [0.2, 0.25) is 0 Å². The van der Waals surface area contributed by atoms with Crippen LogP contribution in [0.1, 0.15) is 16.1 Å². The molecule has 0 aliphatic carbocycles. The number of hydrogen-bond donors (Lipinski definition) is 2. The summed E-state index contributed by atoms with van der Waals surface area (Å²) in [5, 5.41) is 7.50. The second-order valence-electron chi connectivity index (χ2n) is 6.52. The van der Waals surface area contributed by atoms with Crippen molar-refractivity contribution in [3.63, 3.8) is 0 Å². The molecule has 1 aromatic heterocycles. The normalized spacial score (nSPS) is 11.3. The fourth-order valence-electron chi connectivity index (χ4n) is 3.01. The van der Waals surface area contributed by atoms with Gasteiger partial charge in [-0.3, -0.25) is 9.59 Å². The van der Waals surface area contributed by atoms with E-state index in [0.29, 0.717) is 5.69 Å². The summed E-state index contributed by atoms with van der Waals surface area (Å²) in [6.07, 6.45) is 3.07. The van der Waals surface area contributed by atoms with Gasteiger partial charge in [0.15, 0.2) is 5.76 Å². The van der Waals surface area contributed by atoms with Gasteiger partial charge >= 0.3 is 0 Å². The maximum Gasteiger partial charge on any atom is 0.291 e. The maximum atomic E-state index is 13.0. The van der Waals surface area contributed by atoms with Crippen LogP contribution in [0.15, 0.2) is 99.7 Å². The monoisotopic (exact) mass is 460 g/mol. The fraction of sp³-hybridized carbons (Fsp3) is 0. The molecule has 0 atom stereocenters. The Hall–Kier alpha value is -3.64. The SMILES string of the molecule is O=C(Nc1ccc(Br)cc1)C(=Cc1cccc2ccccc12)NC(=O)c1ccco1. The molecule has 30 heavy (non-hydrogen) atoms. The summed E-state index contributed by atoms with van der Waals surface area (Å²) in [6.45, 7) is 0. The molecule has 4 aromatic rings. The van der Waals surface area contributed by atoms with Crippen molar-refractivity contribution in [2.24, 2.45) is 0 Å². The predicted molar refractivity (Wildman–Crippen MR) is 121 cm³/mol. The Morgan fingerprint density at radius 3 is 2.40 bits per heavy atom. The summed E-state index contributed by atoms with van der Waals surface area (Å²) in [5.74, 6) is -0.821. The lowest BCUT2D eigenvalue weighted by Crippen LogP contribution is -2.30. The van der Waals surface area contributed by atoms with Crippen molar-refractivity contribution in [1.29, 1.82) is 0 Å². The first kappa shape index (κ1) is 19.7. The molecule has 5 nitrogen and oxygen atoms in total. The number of furan rings is 1. The zero-order valence-electron chi connectivity index (χ0n) is 15.8. The first-order valence-corrected chi connectivity index (χ1v) is 10.0. The number of halogens is 1. The molecule has 0 radical (unpaired) electrons. The van der Waals surface area contributed by atoms with Gasteiger partial charge in [-0.05, 0) is 58.8 Å². The highest BCUT2D eigenvalue weighted by molar-refractivity contribution is 9.10. The average Bonchev–Trinajstić information content (AvgIpc) is 3.30. The maximum absolute atomic E-state index is 13.0. The highest BCUT2D eigenvalue weighted by Gasteiger charge is 2.17. The summed E-state index contributed by atoms with van der Waals surface area (Å²) >= 11 is 3.37. The highest BCUT2D eigenvalue weighted by atomic mass is 79.9. The van der Waals surface area contributed by atoms with E-state index < -0.39 is 11.8 Å². The molecule has 0 spiro atoms. The Morgan fingerprint density at radius 1 is 0.867 bits per heavy atom. The summed E-state index contributed by atoms with van der Waals surface area (Å²) in [7, 11) is 0. The summed E-state index contributed by atoms with van der Waals surface area (Å²) in [6, 6.07) is 24.0. The van der Waals surface area contributed by atoms with E-state index in [1.165, 1.54) is 12.3 Å². The third-order valence-electron chi connectivity index (χ3n) is 4.46. The zero-order valence-corrected chi connectivity index (χ0v) is 17.3. The topological polar surface area (TPSA) is 71.3 Å². The van der Waals surface area contributed by atoms with E-state index in [1.54, 1.807) is 24.3 Å². The van der Waals surface area contributed by atoms with E-state index in [-0.39, 0.29) is 11.5 Å². The summed E-state index contributed by atoms with van der Waals surface area (Å²) < 4.78 is 6.05. The quantitative estimate of drug-likeness (QED) is 0.380. The van der Waals surface area contributed by atoms with Gasteiger partial charge in [-0.1, -0.05) is 58.4 Å². The molecule has 2 amide bonds. The van der Waals surface area contributed by atoms with E-state index in [4.69, 9.17) is 4.42 Å². The lowest BCUT2D eigenvalue weighted by Gasteiger charge is -2.11. The molecule has 0 fully saturated rings. The molecular formula is C24H17BrN2O3. The number of benzene rings is 3. The third kappa shape index (κ3) is 4.50. The second kappa shape index (κ2) is 8.80. The first-order valence-electron chi connectivity index (χ1n) is 9.21. The second-order valence-corrected chi connectivity index (χ2v) is 7.43. The minimum Gasteiger partial charge on any atom is -0.459 e. The van der Waals surface area contributed by atoms with E-state index in [2.05, 4.69) is 26.6 Å². The highest BCUT2D eigenvalue weighted by Crippen LogP contribution is 2.21. The van der Waals surface area contributed by atoms with Crippen molar-refractivity contribution < 1.29 is 14.0 Å². The van der Waals surface area contributed by atoms with Crippen LogP contribution in [0.3, 0.4) is 0 Å². The van der Waals surface area contributed by atoms with Gasteiger partial charge in [-0.25, -0.2) is 0 Å². The standard InChI is InChI=1S/C24H17BrN2O3/c25-18-10-12-19(13-11-18)26-23(28)21(27-24(29)22-9-4-14-30-22)15-17-7-3-6-16-5-1-2-8-20(16)17/h1-15H,(H,26,28)(H,27,29). The van der Waals surface area contributed by atoms with Crippen molar-refractivity contribution in [3.8, 4) is 0 Å². The van der Waals surface area contributed by atoms with Gasteiger partial charge in [0.1, 0.15) is 5.70 Å². The van der Waals surface area contributed by atoms with Gasteiger partial charge in [-0.15, -0.1) is 0 Å². The molecule has 6 heteroatoms. The largest absolute Gasteiger partial charge is 0.459 e. The van der Waals surface area contributed by atoms with Gasteiger partial charge in [0, 0.05) is 10.2 Å². The van der Waals surface area contributed by atoms with Crippen molar-refractivity contribution >= 4 is 50.3 Å². The van der Waals surface area contributed by atoms with Gasteiger partial charge in [-0.2, -0.15) is 0 Å². The molecule has 0 saturated heterocycles. The Bertz CT molecular complexity index is 1220. The number of amides is 2. The molecular weight excluding hydrogens is 444 g/mol. The number of hydrogen-bond acceptors (Lipinski definition) is 3. The smallest absolute Gasteiger partial charge is 0.291 e. The molecule has 1 heterocycles. The lowest BCUT2D eigenvalue weighted by molar-refractivity contribution is -0.113. The molecule has 0 unspecified atom stereocenters. The van der Waals surface area contributed by atoms with Gasteiger partial charge in [0.2, 0.25) is 0 Å². The Balaban J connectivity index is 1.70. The van der Waals surface area contributed by atoms with Crippen LogP contribution in [-0.4, -0.2) is 11.8 Å². The minimum atomic E-state index is -0.502. The number of fused-ring (bicyclic) bond motifs is 1. The number of carbonyl (C=O) groups is 2. The van der Waals surface area contributed by atoms with Crippen molar-refractivity contribution in [2.75, 3.05) is 5.32 Å². The number of carbonyl (C=O) groups excluding carboxylic acids is 2. The minimum absolute atomic E-state index is 0.107. The Labute approximate surface area is 181 Å².